The van der Waals surface area contributed by atoms with Crippen molar-refractivity contribution in [3.8, 4) is 0 Å². The van der Waals surface area contributed by atoms with E-state index in [1.54, 1.807) is 0 Å². The maximum absolute atomic E-state index is 7.81. The average Bonchev–Trinajstić information content (AvgIpc) is 3.17. The molecule has 282 valence electrons. The standard InChI is InChI=1S/C6H7N5.C5H5ClN4.3C4H9.6C2H6.CH2N.Sn/c7-1-5-2-9-3-6(11-5)10-4-8;6-4-1-8-2-5(10-4)9-3-7;3*1-3-4-2;7*1-2;/h1-4,7H,(H2,8,10,11);1-3H,(H2,7,9,10);3*1,3-4H2,2H3;6*1-2H3;1-2H;. The molecule has 2 heterocycles. The number of hydrogen-bond donors (Lipinski definition) is 4. The van der Waals surface area contributed by atoms with Gasteiger partial charge in [0, 0.05) is 6.21 Å². The molecule has 2 aromatic heterocycles. The minimum absolute atomic E-state index is 0.308. The molecule has 0 saturated heterocycles. The first kappa shape index (κ1) is 60.8. The number of unbranched alkanes of at least 4 members (excludes halogenated alkanes) is 3. The molecule has 0 amide bonds. The molecule has 12 heteroatoms. The molecule has 0 unspecified atom stereocenters. The fourth-order valence-corrected chi connectivity index (χ4v) is 15.8. The summed E-state index contributed by atoms with van der Waals surface area (Å²) in [6.45, 7) is 30.8. The van der Waals surface area contributed by atoms with Gasteiger partial charge < -0.3 is 16.9 Å². The van der Waals surface area contributed by atoms with E-state index in [1.165, 1.54) is 76.6 Å². The van der Waals surface area contributed by atoms with E-state index in [0.717, 1.165) is 18.9 Å². The Morgan fingerprint density at radius 3 is 1.27 bits per heavy atom. The van der Waals surface area contributed by atoms with Crippen LogP contribution in [0.15, 0.2) is 34.8 Å². The van der Waals surface area contributed by atoms with Gasteiger partial charge in [-0.05, 0) is 0 Å². The van der Waals surface area contributed by atoms with Gasteiger partial charge in [-0.25, -0.2) is 20.0 Å². The van der Waals surface area contributed by atoms with Gasteiger partial charge in [0.15, 0.2) is 11.6 Å². The minimum atomic E-state index is -2.07. The smallest absolute Gasteiger partial charge is 0.173 e. The van der Waals surface area contributed by atoms with Gasteiger partial charge in [-0.15, -0.1) is 0 Å². The molecule has 48 heavy (non-hydrogen) atoms. The predicted molar refractivity (Wildman–Crippen MR) is 223 cm³/mol. The van der Waals surface area contributed by atoms with E-state index in [-0.39, 0.29) is 0 Å². The van der Waals surface area contributed by atoms with E-state index < -0.39 is 18.4 Å². The molecule has 0 aliphatic carbocycles. The largest absolute Gasteiger partial charge is 0.390 e. The summed E-state index contributed by atoms with van der Waals surface area (Å²) >= 11 is 3.42. The molecule has 2 rings (SSSR count). The molecule has 0 bridgehead atoms. The molecule has 0 aromatic carbocycles. The minimum Gasteiger partial charge on any atom is -0.390 e. The topological polar surface area (TPSA) is 176 Å². The van der Waals surface area contributed by atoms with Gasteiger partial charge in [-0.1, -0.05) is 94.7 Å². The van der Waals surface area contributed by atoms with Crippen molar-refractivity contribution in [3.05, 3.63) is 35.6 Å². The summed E-state index contributed by atoms with van der Waals surface area (Å²) in [6, 6.07) is 0. The van der Waals surface area contributed by atoms with Crippen LogP contribution in [-0.2, 0) is 0 Å². The molecule has 0 atom stereocenters. The van der Waals surface area contributed by atoms with Crippen molar-refractivity contribution < 1.29 is 0 Å². The van der Waals surface area contributed by atoms with Crippen molar-refractivity contribution in [2.24, 2.45) is 21.5 Å². The molecule has 0 spiro atoms. The van der Waals surface area contributed by atoms with Crippen molar-refractivity contribution in [1.29, 1.82) is 10.8 Å². The number of rotatable bonds is 13. The van der Waals surface area contributed by atoms with Gasteiger partial charge in [0.2, 0.25) is 0 Å². The predicted octanol–water partition coefficient (Wildman–Crippen LogP) is 12.0. The van der Waals surface area contributed by atoms with Crippen LogP contribution in [0.5, 0.6) is 0 Å². The van der Waals surface area contributed by atoms with Crippen LogP contribution in [0.1, 0.15) is 148 Å². The Kier molecular flexibility index (Phi) is 72.0. The molecule has 10 nitrogen and oxygen atoms in total. The van der Waals surface area contributed by atoms with Crippen molar-refractivity contribution >= 4 is 64.7 Å². The zero-order valence-corrected chi connectivity index (χ0v) is 37.3. The maximum Gasteiger partial charge on any atom is 0.173 e. The number of hydrogen-bond acceptors (Lipinski definition) is 8. The van der Waals surface area contributed by atoms with E-state index in [2.05, 4.69) is 50.7 Å². The summed E-state index contributed by atoms with van der Waals surface area (Å²) in [4.78, 5) is 22.6. The normalized spacial score (nSPS) is 8.92. The molecule has 0 radical (unpaired) electrons. The third-order valence-corrected chi connectivity index (χ3v) is 18.7. The number of halogens is 1. The first-order valence-corrected chi connectivity index (χ1v) is 26.3. The zero-order valence-electron chi connectivity index (χ0n) is 33.7. The van der Waals surface area contributed by atoms with Gasteiger partial charge in [0.25, 0.3) is 0 Å². The van der Waals surface area contributed by atoms with E-state index in [1.807, 2.05) is 87.3 Å². The molecular formula is C36H77ClN10Sn. The molecule has 2 aromatic rings. The number of nitrogens with two attached hydrogens (primary N) is 2. The Morgan fingerprint density at radius 1 is 0.625 bits per heavy atom. The first-order chi connectivity index (χ1) is 23.4. The molecule has 0 aliphatic heterocycles. The summed E-state index contributed by atoms with van der Waals surface area (Å²) in [5.41, 5.74) is 10.5. The van der Waals surface area contributed by atoms with Gasteiger partial charge in [-0.3, -0.25) is 9.97 Å². The second kappa shape index (κ2) is 56.8. The van der Waals surface area contributed by atoms with Crippen LogP contribution in [0, 0.1) is 10.8 Å². The summed E-state index contributed by atoms with van der Waals surface area (Å²) in [7, 11) is 0. The van der Waals surface area contributed by atoms with Crippen LogP contribution in [0.3, 0.4) is 0 Å². The first-order valence-electron chi connectivity index (χ1n) is 18.2. The van der Waals surface area contributed by atoms with Gasteiger partial charge >= 0.3 is 101 Å². The molecule has 0 aliphatic rings. The molecule has 0 saturated carbocycles. The van der Waals surface area contributed by atoms with Crippen molar-refractivity contribution in [3.63, 3.8) is 0 Å². The molecule has 6 N–H and O–H groups in total. The Hall–Kier alpha value is -2.47. The second-order valence-electron chi connectivity index (χ2n) is 8.02. The molecule has 0 fully saturated rings. The Bertz CT molecular complexity index is 907. The van der Waals surface area contributed by atoms with Gasteiger partial charge in [0.1, 0.15) is 10.8 Å². The SMILES string of the molecule is CC.CC.CC.CC.CC.CC.CCC[CH2][Sn]([CH]=N)([CH2]CCC)[CH2]CCC.N=Cc1cncc(N=CN)n1.NC=Nc1cncc(Cl)n1. The zero-order chi connectivity index (χ0) is 39.1. The van der Waals surface area contributed by atoms with E-state index >= 15 is 0 Å². The number of aliphatic imine (C=N–C) groups is 2. The Labute approximate surface area is 306 Å². The second-order valence-corrected chi connectivity index (χ2v) is 21.3. The summed E-state index contributed by atoms with van der Waals surface area (Å²) in [6.07, 6.45) is 17.3. The maximum atomic E-state index is 7.81. The van der Waals surface area contributed by atoms with E-state index in [4.69, 9.17) is 33.9 Å². The fraction of sp³-hybridized carbons (Fsp3) is 0.667. The summed E-state index contributed by atoms with van der Waals surface area (Å²) in [5, 5.41) is 15.0. The summed E-state index contributed by atoms with van der Waals surface area (Å²) < 4.78 is 6.29. The third kappa shape index (κ3) is 41.6. The van der Waals surface area contributed by atoms with Crippen molar-refractivity contribution in [1.82, 2.24) is 19.9 Å². The number of aromatic nitrogens is 4. The van der Waals surface area contributed by atoms with Crippen LogP contribution >= 0.6 is 11.6 Å². The number of nitrogens with one attached hydrogen (secondary N) is 2. The quantitative estimate of drug-likeness (QED) is 0.0889. The van der Waals surface area contributed by atoms with Crippen LogP contribution in [0.4, 0.5) is 11.6 Å². The fourth-order valence-electron chi connectivity index (χ4n) is 3.23. The van der Waals surface area contributed by atoms with Gasteiger partial charge in [-0.2, -0.15) is 0 Å². The Morgan fingerprint density at radius 2 is 0.979 bits per heavy atom. The Balaban J connectivity index is -0.0000000914. The number of nitrogens with zero attached hydrogens (tertiary/aromatic N) is 6. The van der Waals surface area contributed by atoms with E-state index in [0.29, 0.717) is 22.5 Å². The average molecular weight is 804 g/mol. The van der Waals surface area contributed by atoms with E-state index in [9.17, 15) is 0 Å². The van der Waals surface area contributed by atoms with Crippen LogP contribution in [0.25, 0.3) is 0 Å². The monoisotopic (exact) mass is 805 g/mol. The van der Waals surface area contributed by atoms with Crippen LogP contribution in [0.2, 0.25) is 18.5 Å². The van der Waals surface area contributed by atoms with Crippen LogP contribution < -0.4 is 11.5 Å². The molecular weight excluding hydrogens is 727 g/mol. The van der Waals surface area contributed by atoms with Crippen molar-refractivity contribution in [2.75, 3.05) is 0 Å². The van der Waals surface area contributed by atoms with Crippen molar-refractivity contribution in [2.45, 2.75) is 156 Å². The van der Waals surface area contributed by atoms with Crippen LogP contribution in [-0.4, -0.2) is 61.4 Å². The summed E-state index contributed by atoms with van der Waals surface area (Å²) in [5.74, 6) is 0.823. The third-order valence-electron chi connectivity index (χ3n) is 5.19. The van der Waals surface area contributed by atoms with Gasteiger partial charge in [0.05, 0.1) is 37.5 Å².